The smallest absolute Gasteiger partial charge is 0.462 e. The van der Waals surface area contributed by atoms with Gasteiger partial charge < -0.3 is 33.8 Å². The van der Waals surface area contributed by atoms with Gasteiger partial charge in [-0.15, -0.1) is 0 Å². The lowest BCUT2D eigenvalue weighted by atomic mass is 10.00. The van der Waals surface area contributed by atoms with Crippen molar-refractivity contribution in [3.8, 4) is 0 Å². The van der Waals surface area contributed by atoms with Crippen molar-refractivity contribution in [1.82, 2.24) is 0 Å². The zero-order chi connectivity index (χ0) is 67.5. The average Bonchev–Trinajstić information content (AvgIpc) is 3.24. The average molecular weight is 1340 g/mol. The van der Waals surface area contributed by atoms with Crippen LogP contribution < -0.4 is 0 Å². The minimum atomic E-state index is -4.95. The SMILES string of the molecule is CCC(C)CCCCCCCCC(=O)O[C@H](COC(=O)CCCCCCCCC(C)C)COP(=O)(O)OC[C@H](O)COP(=O)(O)OC[C@@H](COC(=O)CCCCCCCCCCCCCCCCC(C)C)OC(=O)CCCCCCCCCCCCCCC(C)C. The van der Waals surface area contributed by atoms with E-state index in [9.17, 15) is 43.2 Å². The third-order valence-corrected chi connectivity index (χ3v) is 18.8. The van der Waals surface area contributed by atoms with Crippen molar-refractivity contribution < 1.29 is 80.2 Å². The highest BCUT2D eigenvalue weighted by Gasteiger charge is 2.30. The molecule has 0 aromatic rings. The number of hydrogen-bond donors (Lipinski definition) is 3. The van der Waals surface area contributed by atoms with Crippen LogP contribution in [0, 0.1) is 23.7 Å². The van der Waals surface area contributed by atoms with E-state index in [0.717, 1.165) is 114 Å². The maximum atomic E-state index is 13.0. The predicted octanol–water partition coefficient (Wildman–Crippen LogP) is 20.5. The normalized spacial score (nSPS) is 14.5. The Morgan fingerprint density at radius 2 is 0.527 bits per heavy atom. The molecule has 0 fully saturated rings. The van der Waals surface area contributed by atoms with Gasteiger partial charge >= 0.3 is 39.5 Å². The zero-order valence-corrected chi connectivity index (χ0v) is 61.3. The van der Waals surface area contributed by atoms with Gasteiger partial charge in [0.1, 0.15) is 19.3 Å². The van der Waals surface area contributed by atoms with Crippen LogP contribution in [0.4, 0.5) is 0 Å². The van der Waals surface area contributed by atoms with Gasteiger partial charge in [-0.2, -0.15) is 0 Å². The van der Waals surface area contributed by atoms with Crippen LogP contribution in [0.15, 0.2) is 0 Å². The van der Waals surface area contributed by atoms with E-state index in [4.69, 9.17) is 37.0 Å². The number of ether oxygens (including phenoxy) is 4. The van der Waals surface area contributed by atoms with Gasteiger partial charge in [0.2, 0.25) is 0 Å². The molecule has 0 bridgehead atoms. The second-order valence-corrected chi connectivity index (χ2v) is 30.6. The highest BCUT2D eigenvalue weighted by atomic mass is 31.2. The Balaban J connectivity index is 5.23. The van der Waals surface area contributed by atoms with Gasteiger partial charge in [0, 0.05) is 25.7 Å². The molecule has 0 spiro atoms. The largest absolute Gasteiger partial charge is 0.472 e. The van der Waals surface area contributed by atoms with E-state index in [0.29, 0.717) is 31.6 Å². The van der Waals surface area contributed by atoms with E-state index in [1.807, 2.05) is 0 Å². The van der Waals surface area contributed by atoms with E-state index < -0.39 is 97.5 Å². The molecule has 0 aromatic carbocycles. The molecule has 17 nitrogen and oxygen atoms in total. The number of hydrogen-bond acceptors (Lipinski definition) is 15. The molecule has 6 atom stereocenters. The summed E-state index contributed by atoms with van der Waals surface area (Å²) in [6, 6.07) is 0. The van der Waals surface area contributed by atoms with Gasteiger partial charge in [0.25, 0.3) is 0 Å². The molecule has 0 aliphatic heterocycles. The third-order valence-electron chi connectivity index (χ3n) is 16.9. The summed E-state index contributed by atoms with van der Waals surface area (Å²) in [6.07, 6.45) is 44.7. The van der Waals surface area contributed by atoms with Crippen LogP contribution in [0.5, 0.6) is 0 Å². The summed E-state index contributed by atoms with van der Waals surface area (Å²) < 4.78 is 68.3. The lowest BCUT2D eigenvalue weighted by Crippen LogP contribution is -2.30. The van der Waals surface area contributed by atoms with Crippen LogP contribution in [0.1, 0.15) is 357 Å². The summed E-state index contributed by atoms with van der Waals surface area (Å²) in [6.45, 7) is 14.1. The fourth-order valence-corrected chi connectivity index (χ4v) is 12.4. The van der Waals surface area contributed by atoms with Crippen molar-refractivity contribution in [3.63, 3.8) is 0 Å². The van der Waals surface area contributed by atoms with Crippen LogP contribution >= 0.6 is 15.6 Å². The van der Waals surface area contributed by atoms with E-state index in [1.54, 1.807) is 0 Å². The number of rotatable bonds is 69. The Hall–Kier alpha value is -1.94. The van der Waals surface area contributed by atoms with E-state index >= 15 is 0 Å². The third kappa shape index (κ3) is 65.1. The molecule has 0 saturated heterocycles. The van der Waals surface area contributed by atoms with E-state index in [-0.39, 0.29) is 25.7 Å². The van der Waals surface area contributed by atoms with Crippen molar-refractivity contribution in [2.75, 3.05) is 39.6 Å². The molecule has 3 unspecified atom stereocenters. The Morgan fingerprint density at radius 1 is 0.308 bits per heavy atom. The first kappa shape index (κ1) is 89.1. The first-order chi connectivity index (χ1) is 43.6. The monoisotopic (exact) mass is 1340 g/mol. The van der Waals surface area contributed by atoms with Crippen molar-refractivity contribution in [3.05, 3.63) is 0 Å². The van der Waals surface area contributed by atoms with Gasteiger partial charge in [-0.3, -0.25) is 37.3 Å². The molecule has 19 heteroatoms. The molecule has 91 heavy (non-hydrogen) atoms. The minimum absolute atomic E-state index is 0.102. The fraction of sp³-hybridized carbons (Fsp3) is 0.944. The van der Waals surface area contributed by atoms with Crippen molar-refractivity contribution in [1.29, 1.82) is 0 Å². The summed E-state index contributed by atoms with van der Waals surface area (Å²) >= 11 is 0. The van der Waals surface area contributed by atoms with Gasteiger partial charge in [-0.1, -0.05) is 306 Å². The molecule has 0 rings (SSSR count). The van der Waals surface area contributed by atoms with Gasteiger partial charge in [-0.25, -0.2) is 9.13 Å². The van der Waals surface area contributed by atoms with Crippen LogP contribution in [0.2, 0.25) is 0 Å². The molecule has 540 valence electrons. The van der Waals surface area contributed by atoms with Crippen molar-refractivity contribution in [2.24, 2.45) is 23.7 Å². The second-order valence-electron chi connectivity index (χ2n) is 27.6. The first-order valence-corrected chi connectivity index (χ1v) is 40.2. The minimum Gasteiger partial charge on any atom is -0.462 e. The molecule has 0 aliphatic rings. The fourth-order valence-electron chi connectivity index (χ4n) is 10.8. The van der Waals surface area contributed by atoms with Crippen LogP contribution in [0.3, 0.4) is 0 Å². The van der Waals surface area contributed by atoms with Crippen molar-refractivity contribution >= 4 is 39.5 Å². The second kappa shape index (κ2) is 61.6. The molecular formula is C72H140O17P2. The van der Waals surface area contributed by atoms with E-state index in [1.165, 1.54) is 154 Å². The first-order valence-electron chi connectivity index (χ1n) is 37.2. The molecular weight excluding hydrogens is 1200 g/mol. The summed E-state index contributed by atoms with van der Waals surface area (Å²) in [5, 5.41) is 10.6. The van der Waals surface area contributed by atoms with E-state index in [2.05, 4.69) is 55.4 Å². The number of phosphoric acid groups is 2. The predicted molar refractivity (Wildman–Crippen MR) is 367 cm³/mol. The van der Waals surface area contributed by atoms with Crippen LogP contribution in [0.25, 0.3) is 0 Å². The molecule has 0 aliphatic carbocycles. The molecule has 0 aromatic heterocycles. The number of carbonyl (C=O) groups excluding carboxylic acids is 4. The Bertz CT molecular complexity index is 1800. The van der Waals surface area contributed by atoms with Crippen molar-refractivity contribution in [2.45, 2.75) is 375 Å². The molecule has 0 amide bonds. The molecule has 0 heterocycles. The number of esters is 4. The summed E-state index contributed by atoms with van der Waals surface area (Å²) in [5.41, 5.74) is 0. The summed E-state index contributed by atoms with van der Waals surface area (Å²) in [4.78, 5) is 72.6. The number of phosphoric ester groups is 2. The highest BCUT2D eigenvalue weighted by molar-refractivity contribution is 7.47. The molecule has 0 radical (unpaired) electrons. The number of carbonyl (C=O) groups is 4. The Labute approximate surface area is 556 Å². The lowest BCUT2D eigenvalue weighted by Gasteiger charge is -2.21. The highest BCUT2D eigenvalue weighted by Crippen LogP contribution is 2.45. The van der Waals surface area contributed by atoms with Crippen LogP contribution in [-0.4, -0.2) is 96.7 Å². The Kier molecular flexibility index (Phi) is 60.3. The zero-order valence-electron chi connectivity index (χ0n) is 59.5. The summed E-state index contributed by atoms with van der Waals surface area (Å²) in [7, 11) is -9.90. The number of aliphatic hydroxyl groups excluding tert-OH is 1. The van der Waals surface area contributed by atoms with Gasteiger partial charge in [-0.05, 0) is 49.4 Å². The van der Waals surface area contributed by atoms with Gasteiger partial charge in [0.15, 0.2) is 12.2 Å². The summed E-state index contributed by atoms with van der Waals surface area (Å²) in [5.74, 6) is 0.845. The molecule has 0 saturated carbocycles. The molecule has 3 N–H and O–H groups in total. The maximum absolute atomic E-state index is 13.0. The maximum Gasteiger partial charge on any atom is 0.472 e. The quantitative estimate of drug-likeness (QED) is 0.0222. The lowest BCUT2D eigenvalue weighted by molar-refractivity contribution is -0.161. The number of unbranched alkanes of at least 4 members (excludes halogenated alkanes) is 34. The Morgan fingerprint density at radius 3 is 0.780 bits per heavy atom. The van der Waals surface area contributed by atoms with Crippen LogP contribution in [-0.2, 0) is 65.4 Å². The standard InChI is InChI=1S/C72H140O17P2/c1-9-65(8)51-43-35-29-31-39-47-55-72(77)89-68(59-83-70(75)53-45-37-30-28-34-42-50-64(6)7)61-87-91(80,81)85-57-66(73)56-84-90(78,79)86-60-67(88-71(76)54-46-38-27-23-19-15-14-17-21-25-33-41-49-63(4)5)58-82-69(74)52-44-36-26-22-18-13-11-10-12-16-20-24-32-40-48-62(2)3/h62-68,73H,9-61H2,1-8H3,(H,78,79)(H,80,81)/t65?,66-,67-,68-/m1/s1. The van der Waals surface area contributed by atoms with Gasteiger partial charge in [0.05, 0.1) is 26.4 Å². The topological polar surface area (TPSA) is 237 Å². The number of aliphatic hydroxyl groups is 1.